The predicted molar refractivity (Wildman–Crippen MR) is 110 cm³/mol. The van der Waals surface area contributed by atoms with E-state index < -0.39 is 22.0 Å². The Hall–Kier alpha value is -2.91. The van der Waals surface area contributed by atoms with Gasteiger partial charge < -0.3 is 9.84 Å². The first-order chi connectivity index (χ1) is 13.8. The lowest BCUT2D eigenvalue weighted by Crippen LogP contribution is -2.47. The topological polar surface area (TPSA) is 105 Å². The quantitative estimate of drug-likeness (QED) is 0.613. The molecule has 0 fully saturated rings. The Labute approximate surface area is 173 Å². The lowest BCUT2D eigenvalue weighted by molar-refractivity contribution is -0.122. The maximum Gasteiger partial charge on any atom is 0.246 e. The van der Waals surface area contributed by atoms with Crippen LogP contribution in [0.15, 0.2) is 59.1 Å². The number of anilines is 1. The lowest BCUT2D eigenvalue weighted by atomic mass is 10.2. The highest BCUT2D eigenvalue weighted by atomic mass is 35.5. The molecule has 1 heterocycles. The third-order valence-corrected chi connectivity index (χ3v) is 5.58. The molecule has 1 amide bonds. The zero-order valence-electron chi connectivity index (χ0n) is 15.7. The van der Waals surface area contributed by atoms with Gasteiger partial charge in [0.25, 0.3) is 0 Å². The van der Waals surface area contributed by atoms with E-state index in [0.29, 0.717) is 16.5 Å². The molecule has 3 aromatic rings. The van der Waals surface area contributed by atoms with E-state index in [1.54, 1.807) is 12.1 Å². The minimum Gasteiger partial charge on any atom is -0.345 e. The van der Waals surface area contributed by atoms with E-state index in [0.717, 1.165) is 16.1 Å². The smallest absolute Gasteiger partial charge is 0.246 e. The Bertz CT molecular complexity index is 1080. The van der Waals surface area contributed by atoms with Crippen LogP contribution in [0.1, 0.15) is 12.8 Å². The van der Waals surface area contributed by atoms with Crippen molar-refractivity contribution in [3.05, 3.63) is 65.5 Å². The van der Waals surface area contributed by atoms with Crippen molar-refractivity contribution in [1.29, 1.82) is 0 Å². The standard InChI is InChI=1S/C19H19ClN4O4S/c1-13(24(29(2,26)27)16-10-8-15(20)9-11-16)19(25)21-12-17-22-18(23-28-17)14-6-4-3-5-7-14/h3-11,13H,12H2,1-2H3,(H,21,25)/t13-/m1/s1. The Kier molecular flexibility index (Phi) is 6.19. The van der Waals surface area contributed by atoms with E-state index in [-0.39, 0.29) is 12.4 Å². The Morgan fingerprint density at radius 2 is 1.83 bits per heavy atom. The number of nitrogens with one attached hydrogen (secondary N) is 1. The van der Waals surface area contributed by atoms with Crippen molar-refractivity contribution in [2.24, 2.45) is 0 Å². The van der Waals surface area contributed by atoms with E-state index in [2.05, 4.69) is 15.5 Å². The summed E-state index contributed by atoms with van der Waals surface area (Å²) in [7, 11) is -3.71. The number of hydrogen-bond donors (Lipinski definition) is 1. The number of sulfonamides is 1. The number of nitrogens with zero attached hydrogens (tertiary/aromatic N) is 3. The number of aromatic nitrogens is 2. The third-order valence-electron chi connectivity index (χ3n) is 4.08. The third kappa shape index (κ3) is 5.12. The van der Waals surface area contributed by atoms with Gasteiger partial charge in [-0.2, -0.15) is 4.98 Å². The van der Waals surface area contributed by atoms with Gasteiger partial charge in [-0.1, -0.05) is 47.1 Å². The summed E-state index contributed by atoms with van der Waals surface area (Å²) in [5.41, 5.74) is 1.12. The van der Waals surface area contributed by atoms with Gasteiger partial charge in [0.2, 0.25) is 27.6 Å². The van der Waals surface area contributed by atoms with Crippen molar-refractivity contribution in [1.82, 2.24) is 15.5 Å². The first-order valence-electron chi connectivity index (χ1n) is 8.66. The number of amides is 1. The Morgan fingerprint density at radius 1 is 1.17 bits per heavy atom. The number of hydrogen-bond acceptors (Lipinski definition) is 6. The average molecular weight is 435 g/mol. The van der Waals surface area contributed by atoms with Crippen molar-refractivity contribution in [3.8, 4) is 11.4 Å². The highest BCUT2D eigenvalue weighted by molar-refractivity contribution is 7.92. The highest BCUT2D eigenvalue weighted by Crippen LogP contribution is 2.23. The Morgan fingerprint density at radius 3 is 2.45 bits per heavy atom. The van der Waals surface area contributed by atoms with Crippen LogP contribution in [0.25, 0.3) is 11.4 Å². The highest BCUT2D eigenvalue weighted by Gasteiger charge is 2.29. The van der Waals surface area contributed by atoms with Crippen LogP contribution >= 0.6 is 11.6 Å². The van der Waals surface area contributed by atoms with Crippen LogP contribution in [0.3, 0.4) is 0 Å². The molecule has 0 aliphatic heterocycles. The summed E-state index contributed by atoms with van der Waals surface area (Å²) >= 11 is 5.87. The van der Waals surface area contributed by atoms with Crippen molar-refractivity contribution in [2.75, 3.05) is 10.6 Å². The summed E-state index contributed by atoms with van der Waals surface area (Å²) < 4.78 is 30.7. The van der Waals surface area contributed by atoms with E-state index in [9.17, 15) is 13.2 Å². The number of rotatable bonds is 7. The summed E-state index contributed by atoms with van der Waals surface area (Å²) in [5, 5.41) is 6.98. The van der Waals surface area contributed by atoms with Crippen molar-refractivity contribution >= 4 is 33.2 Å². The molecule has 152 valence electrons. The SMILES string of the molecule is C[C@H](C(=O)NCc1nc(-c2ccccc2)no1)N(c1ccc(Cl)cc1)S(C)(=O)=O. The molecule has 1 atom stereocenters. The summed E-state index contributed by atoms with van der Waals surface area (Å²) in [6.07, 6.45) is 1.04. The van der Waals surface area contributed by atoms with Gasteiger partial charge in [-0.05, 0) is 31.2 Å². The van der Waals surface area contributed by atoms with Crippen molar-refractivity contribution in [3.63, 3.8) is 0 Å². The van der Waals surface area contributed by atoms with Crippen LogP contribution in [0.5, 0.6) is 0 Å². The van der Waals surface area contributed by atoms with Crippen LogP contribution < -0.4 is 9.62 Å². The normalized spacial score (nSPS) is 12.4. The second-order valence-electron chi connectivity index (χ2n) is 6.31. The summed E-state index contributed by atoms with van der Waals surface area (Å²) in [6.45, 7) is 1.47. The summed E-state index contributed by atoms with van der Waals surface area (Å²) in [5.74, 6) is 0.105. The van der Waals surface area contributed by atoms with Crippen LogP contribution in [0, 0.1) is 0 Å². The molecule has 3 rings (SSSR count). The molecule has 1 N–H and O–H groups in total. The predicted octanol–water partition coefficient (Wildman–Crippen LogP) is 2.86. The van der Waals surface area contributed by atoms with Gasteiger partial charge in [-0.15, -0.1) is 0 Å². The first-order valence-corrected chi connectivity index (χ1v) is 10.9. The molecule has 1 aromatic heterocycles. The van der Waals surface area contributed by atoms with E-state index in [1.807, 2.05) is 30.3 Å². The van der Waals surface area contributed by atoms with E-state index in [4.69, 9.17) is 16.1 Å². The molecule has 0 bridgehead atoms. The van der Waals surface area contributed by atoms with Gasteiger partial charge >= 0.3 is 0 Å². The van der Waals surface area contributed by atoms with Crippen molar-refractivity contribution < 1.29 is 17.7 Å². The lowest BCUT2D eigenvalue weighted by Gasteiger charge is -2.28. The average Bonchev–Trinajstić information content (AvgIpc) is 3.16. The van der Waals surface area contributed by atoms with Gasteiger partial charge in [0, 0.05) is 10.6 Å². The zero-order valence-corrected chi connectivity index (χ0v) is 17.3. The van der Waals surface area contributed by atoms with Crippen LogP contribution in [-0.4, -0.2) is 36.8 Å². The molecule has 0 aliphatic carbocycles. The molecule has 29 heavy (non-hydrogen) atoms. The number of carbonyl (C=O) groups is 1. The number of carbonyl (C=O) groups excluding carboxylic acids is 1. The molecule has 0 spiro atoms. The van der Waals surface area contributed by atoms with Gasteiger partial charge in [0.1, 0.15) is 6.04 Å². The molecule has 8 nitrogen and oxygen atoms in total. The van der Waals surface area contributed by atoms with Gasteiger partial charge in [0.05, 0.1) is 18.5 Å². The number of benzene rings is 2. The molecule has 0 aliphatic rings. The van der Waals surface area contributed by atoms with Gasteiger partial charge in [-0.25, -0.2) is 8.42 Å². The van der Waals surface area contributed by atoms with Crippen LogP contribution in [0.4, 0.5) is 5.69 Å². The maximum atomic E-state index is 12.6. The van der Waals surface area contributed by atoms with E-state index in [1.165, 1.54) is 19.1 Å². The second-order valence-corrected chi connectivity index (χ2v) is 8.60. The molecule has 2 aromatic carbocycles. The fourth-order valence-corrected chi connectivity index (χ4v) is 4.04. The molecular weight excluding hydrogens is 416 g/mol. The minimum absolute atomic E-state index is 0.0266. The van der Waals surface area contributed by atoms with E-state index >= 15 is 0 Å². The minimum atomic E-state index is -3.71. The first kappa shape index (κ1) is 20.8. The summed E-state index contributed by atoms with van der Waals surface area (Å²) in [6, 6.07) is 14.5. The van der Waals surface area contributed by atoms with Gasteiger partial charge in [-0.3, -0.25) is 9.10 Å². The molecule has 0 unspecified atom stereocenters. The fourth-order valence-electron chi connectivity index (χ4n) is 2.74. The maximum absolute atomic E-state index is 12.6. The fraction of sp³-hybridized carbons (Fsp3) is 0.211. The van der Waals surface area contributed by atoms with Crippen molar-refractivity contribution in [2.45, 2.75) is 19.5 Å². The molecular formula is C19H19ClN4O4S. The van der Waals surface area contributed by atoms with Crippen LogP contribution in [-0.2, 0) is 21.4 Å². The molecule has 0 radical (unpaired) electrons. The zero-order chi connectivity index (χ0) is 21.0. The summed E-state index contributed by atoms with van der Waals surface area (Å²) in [4.78, 5) is 16.8. The van der Waals surface area contributed by atoms with Crippen LogP contribution in [0.2, 0.25) is 5.02 Å². The number of halogens is 1. The molecule has 0 saturated carbocycles. The molecule has 0 saturated heterocycles. The monoisotopic (exact) mass is 434 g/mol. The second kappa shape index (κ2) is 8.62. The largest absolute Gasteiger partial charge is 0.345 e. The van der Waals surface area contributed by atoms with Gasteiger partial charge in [0.15, 0.2) is 0 Å². The molecule has 10 heteroatoms. The Balaban J connectivity index is 1.70.